The highest BCUT2D eigenvalue weighted by atomic mass is 16.5. The van der Waals surface area contributed by atoms with Gasteiger partial charge in [-0.1, -0.05) is 34.9 Å². The van der Waals surface area contributed by atoms with Crippen molar-refractivity contribution >= 4 is 11.6 Å². The molecular weight excluding hydrogens is 432 g/mol. The molecule has 1 aliphatic heterocycles. The standard InChI is InChI=1S/C28H34O6/c1-15(2)7-8-18-19(29)13-21-23(25(18)31)26(32)24-22(34-21)14-20(30)27(33)28(24,11-9-16(3)4)12-10-17(5)6/h7,9-10,13-14,22,24,29-31H,8,11-12H2,1-6H3. The second-order valence-corrected chi connectivity index (χ2v) is 10.0. The van der Waals surface area contributed by atoms with Crippen LogP contribution in [0.25, 0.3) is 0 Å². The predicted molar refractivity (Wildman–Crippen MR) is 131 cm³/mol. The molecule has 1 heterocycles. The molecule has 0 saturated heterocycles. The van der Waals surface area contributed by atoms with Crippen LogP contribution in [0.3, 0.4) is 0 Å². The molecule has 6 nitrogen and oxygen atoms in total. The zero-order chi connectivity index (χ0) is 25.4. The van der Waals surface area contributed by atoms with Gasteiger partial charge in [0, 0.05) is 17.7 Å². The van der Waals surface area contributed by atoms with Crippen molar-refractivity contribution in [3.63, 3.8) is 0 Å². The van der Waals surface area contributed by atoms with Gasteiger partial charge >= 0.3 is 0 Å². The van der Waals surface area contributed by atoms with Gasteiger partial charge in [0.2, 0.25) is 5.78 Å². The number of phenols is 2. The topological polar surface area (TPSA) is 104 Å². The molecule has 2 atom stereocenters. The predicted octanol–water partition coefficient (Wildman–Crippen LogP) is 5.89. The van der Waals surface area contributed by atoms with Gasteiger partial charge in [0.05, 0.1) is 11.3 Å². The summed E-state index contributed by atoms with van der Waals surface area (Å²) in [5.74, 6) is -2.78. The van der Waals surface area contributed by atoms with E-state index in [4.69, 9.17) is 4.74 Å². The molecule has 0 spiro atoms. The summed E-state index contributed by atoms with van der Waals surface area (Å²) in [7, 11) is 0. The van der Waals surface area contributed by atoms with Crippen LogP contribution in [0, 0.1) is 11.3 Å². The maximum Gasteiger partial charge on any atom is 0.204 e. The highest BCUT2D eigenvalue weighted by Gasteiger charge is 2.58. The Bertz CT molecular complexity index is 1120. The number of phenolic OH excluding ortho intramolecular Hbond substituents is 2. The van der Waals surface area contributed by atoms with Gasteiger partial charge in [-0.3, -0.25) is 9.59 Å². The third-order valence-corrected chi connectivity index (χ3v) is 6.53. The van der Waals surface area contributed by atoms with Crippen molar-refractivity contribution in [1.29, 1.82) is 0 Å². The van der Waals surface area contributed by atoms with Crippen LogP contribution in [0.1, 0.15) is 70.3 Å². The van der Waals surface area contributed by atoms with Crippen molar-refractivity contribution < 1.29 is 29.6 Å². The summed E-state index contributed by atoms with van der Waals surface area (Å²) in [4.78, 5) is 27.5. The van der Waals surface area contributed by atoms with Gasteiger partial charge in [-0.2, -0.15) is 0 Å². The molecule has 1 aromatic rings. The number of carbonyl (C=O) groups excluding carboxylic acids is 2. The number of ketones is 2. The minimum atomic E-state index is -1.27. The van der Waals surface area contributed by atoms with E-state index < -0.39 is 34.8 Å². The average Bonchev–Trinajstić information content (AvgIpc) is 2.72. The van der Waals surface area contributed by atoms with Crippen molar-refractivity contribution in [2.24, 2.45) is 11.3 Å². The van der Waals surface area contributed by atoms with E-state index in [0.717, 1.165) is 16.7 Å². The number of aliphatic hydroxyl groups excluding tert-OH is 1. The molecule has 1 aliphatic carbocycles. The number of aromatic hydroxyl groups is 2. The van der Waals surface area contributed by atoms with E-state index in [-0.39, 0.29) is 47.6 Å². The van der Waals surface area contributed by atoms with Gasteiger partial charge in [-0.25, -0.2) is 0 Å². The van der Waals surface area contributed by atoms with Crippen LogP contribution in [0.15, 0.2) is 52.8 Å². The van der Waals surface area contributed by atoms with E-state index in [2.05, 4.69) is 0 Å². The minimum absolute atomic E-state index is 0.0300. The smallest absolute Gasteiger partial charge is 0.204 e. The Morgan fingerprint density at radius 1 is 0.941 bits per heavy atom. The lowest BCUT2D eigenvalue weighted by molar-refractivity contribution is -0.133. The zero-order valence-corrected chi connectivity index (χ0v) is 20.7. The van der Waals surface area contributed by atoms with Crippen LogP contribution in [0.5, 0.6) is 17.2 Å². The molecule has 182 valence electrons. The zero-order valence-electron chi connectivity index (χ0n) is 20.7. The Morgan fingerprint density at radius 2 is 1.50 bits per heavy atom. The maximum absolute atomic E-state index is 14.0. The van der Waals surface area contributed by atoms with Gasteiger partial charge in [0.25, 0.3) is 0 Å². The van der Waals surface area contributed by atoms with Gasteiger partial charge in [0.15, 0.2) is 11.5 Å². The third kappa shape index (κ3) is 4.54. The first-order chi connectivity index (χ1) is 15.9. The van der Waals surface area contributed by atoms with Crippen molar-refractivity contribution in [3.8, 4) is 17.2 Å². The first-order valence-electron chi connectivity index (χ1n) is 11.5. The number of ether oxygens (including phenoxy) is 1. The monoisotopic (exact) mass is 466 g/mol. The molecule has 0 aromatic heterocycles. The lowest BCUT2D eigenvalue weighted by Gasteiger charge is -2.45. The van der Waals surface area contributed by atoms with E-state index in [0.29, 0.717) is 0 Å². The molecule has 0 amide bonds. The van der Waals surface area contributed by atoms with E-state index in [9.17, 15) is 24.9 Å². The molecule has 0 bridgehead atoms. The number of fused-ring (bicyclic) bond motifs is 2. The molecule has 3 rings (SSSR count). The Kier molecular flexibility index (Phi) is 7.10. The number of benzene rings is 1. The number of carbonyl (C=O) groups is 2. The van der Waals surface area contributed by atoms with Crippen LogP contribution in [0.2, 0.25) is 0 Å². The molecule has 3 N–H and O–H groups in total. The van der Waals surface area contributed by atoms with E-state index in [1.54, 1.807) is 0 Å². The number of aliphatic hydroxyl groups is 1. The number of hydrogen-bond donors (Lipinski definition) is 3. The summed E-state index contributed by atoms with van der Waals surface area (Å²) in [6.07, 6.45) is 6.72. The van der Waals surface area contributed by atoms with Crippen LogP contribution in [0.4, 0.5) is 0 Å². The molecule has 2 aliphatic rings. The summed E-state index contributed by atoms with van der Waals surface area (Å²) >= 11 is 0. The Balaban J connectivity index is 2.24. The molecule has 34 heavy (non-hydrogen) atoms. The summed E-state index contributed by atoms with van der Waals surface area (Å²) < 4.78 is 6.05. The van der Waals surface area contributed by atoms with Crippen molar-refractivity contribution in [3.05, 3.63) is 64.0 Å². The summed E-state index contributed by atoms with van der Waals surface area (Å²) in [6.45, 7) is 11.4. The van der Waals surface area contributed by atoms with Crippen molar-refractivity contribution in [1.82, 2.24) is 0 Å². The number of hydrogen-bond acceptors (Lipinski definition) is 6. The quantitative estimate of drug-likeness (QED) is 0.452. The van der Waals surface area contributed by atoms with E-state index in [1.165, 1.54) is 12.1 Å². The molecule has 6 heteroatoms. The first-order valence-corrected chi connectivity index (χ1v) is 11.5. The fourth-order valence-corrected chi connectivity index (χ4v) is 4.65. The van der Waals surface area contributed by atoms with Crippen molar-refractivity contribution in [2.75, 3.05) is 0 Å². The third-order valence-electron chi connectivity index (χ3n) is 6.53. The van der Waals surface area contributed by atoms with Crippen LogP contribution in [-0.4, -0.2) is 33.0 Å². The highest BCUT2D eigenvalue weighted by molar-refractivity contribution is 6.11. The maximum atomic E-state index is 14.0. The fourth-order valence-electron chi connectivity index (χ4n) is 4.65. The van der Waals surface area contributed by atoms with Gasteiger partial charge < -0.3 is 20.1 Å². The van der Waals surface area contributed by atoms with Gasteiger partial charge in [0.1, 0.15) is 28.9 Å². The molecule has 1 aromatic carbocycles. The molecular formula is C28H34O6. The molecule has 0 radical (unpaired) electrons. The Hall–Kier alpha value is -3.28. The molecule has 2 unspecified atom stereocenters. The van der Waals surface area contributed by atoms with Gasteiger partial charge in [-0.05, 0) is 60.8 Å². The largest absolute Gasteiger partial charge is 0.507 e. The Labute approximate surface area is 201 Å². The second kappa shape index (κ2) is 9.53. The molecule has 0 saturated carbocycles. The minimum Gasteiger partial charge on any atom is -0.507 e. The lowest BCUT2D eigenvalue weighted by Crippen LogP contribution is -2.54. The summed E-state index contributed by atoms with van der Waals surface area (Å²) in [5, 5.41) is 32.1. The highest BCUT2D eigenvalue weighted by Crippen LogP contribution is 2.53. The average molecular weight is 467 g/mol. The first kappa shape index (κ1) is 25.3. The second-order valence-electron chi connectivity index (χ2n) is 10.0. The normalized spacial score (nSPS) is 20.4. The lowest BCUT2D eigenvalue weighted by atomic mass is 9.59. The number of rotatable bonds is 6. The van der Waals surface area contributed by atoms with Crippen LogP contribution in [-0.2, 0) is 11.2 Å². The van der Waals surface area contributed by atoms with Gasteiger partial charge in [-0.15, -0.1) is 0 Å². The number of allylic oxidation sites excluding steroid dienone is 7. The molecule has 0 fully saturated rings. The van der Waals surface area contributed by atoms with E-state index in [1.807, 2.05) is 59.8 Å². The summed E-state index contributed by atoms with van der Waals surface area (Å²) in [6, 6.07) is 1.33. The van der Waals surface area contributed by atoms with Crippen molar-refractivity contribution in [2.45, 2.75) is 66.9 Å². The van der Waals surface area contributed by atoms with E-state index >= 15 is 0 Å². The van der Waals surface area contributed by atoms with Crippen LogP contribution < -0.4 is 4.74 Å². The fraction of sp³-hybridized carbons (Fsp3) is 0.429. The number of Topliss-reactive ketones (excluding diaryl/α,β-unsaturated/α-hetero) is 2. The SMILES string of the molecule is CC(C)=CCc1c(O)cc2c(c1O)C(=O)C1C(C=C(O)C(=O)C1(CC=C(C)C)CC=C(C)C)O2. The summed E-state index contributed by atoms with van der Waals surface area (Å²) in [5.41, 5.74) is 1.90. The van der Waals surface area contributed by atoms with Crippen LogP contribution >= 0.6 is 0 Å². The Morgan fingerprint density at radius 3 is 2.03 bits per heavy atom.